The van der Waals surface area contributed by atoms with Gasteiger partial charge in [-0.15, -0.1) is 0 Å². The largest absolute Gasteiger partial charge is 0.508 e. The predicted octanol–water partition coefficient (Wildman–Crippen LogP) is 2.78. The molecular weight excluding hydrogens is 316 g/mol. The summed E-state index contributed by atoms with van der Waals surface area (Å²) in [5.41, 5.74) is 1.17. The lowest BCUT2D eigenvalue weighted by molar-refractivity contribution is 0.441. The van der Waals surface area contributed by atoms with Gasteiger partial charge in [0.15, 0.2) is 11.0 Å². The Balaban J connectivity index is 2.20. The van der Waals surface area contributed by atoms with Gasteiger partial charge in [0.1, 0.15) is 22.1 Å². The zero-order valence-corrected chi connectivity index (χ0v) is 13.8. The number of nitrogens with one attached hydrogen (secondary N) is 1. The average molecular weight is 336 g/mol. The van der Waals surface area contributed by atoms with Crippen LogP contribution in [0, 0.1) is 0 Å². The molecule has 2 rings (SSSR count). The van der Waals surface area contributed by atoms with E-state index in [1.807, 2.05) is 18.7 Å². The molecule has 0 aromatic heterocycles. The van der Waals surface area contributed by atoms with Gasteiger partial charge in [0.2, 0.25) is 0 Å². The second-order valence-corrected chi connectivity index (χ2v) is 6.08. The van der Waals surface area contributed by atoms with Crippen LogP contribution in [0.25, 0.3) is 0 Å². The molecule has 0 spiro atoms. The fourth-order valence-electron chi connectivity index (χ4n) is 2.24. The summed E-state index contributed by atoms with van der Waals surface area (Å²) < 4.78 is 15.0. The van der Waals surface area contributed by atoms with Crippen LogP contribution in [0.1, 0.15) is 13.8 Å². The molecule has 1 unspecified atom stereocenters. The van der Waals surface area contributed by atoms with Gasteiger partial charge in [-0.25, -0.2) is 4.21 Å². The standard InChI is InChI=1S/C16H20N2O4S/c1-3-18(4-2)13-7-5-11(9-14(13)20)17-23(22)16-8-6-12(19)10-15(16)21/h5-10,17,19-21H,3-4H2,1-2H3. The van der Waals surface area contributed by atoms with Crippen molar-refractivity contribution in [2.24, 2.45) is 0 Å². The third-order valence-corrected chi connectivity index (χ3v) is 4.60. The van der Waals surface area contributed by atoms with Crippen LogP contribution in [0.15, 0.2) is 41.3 Å². The third kappa shape index (κ3) is 3.87. The van der Waals surface area contributed by atoms with Gasteiger partial charge in [0.05, 0.1) is 11.4 Å². The van der Waals surface area contributed by atoms with Crippen LogP contribution in [0.3, 0.4) is 0 Å². The number of nitrogens with zero attached hydrogens (tertiary/aromatic N) is 1. The molecule has 0 saturated heterocycles. The van der Waals surface area contributed by atoms with Crippen molar-refractivity contribution in [3.63, 3.8) is 0 Å². The predicted molar refractivity (Wildman–Crippen MR) is 91.5 cm³/mol. The smallest absolute Gasteiger partial charge is 0.154 e. The highest BCUT2D eigenvalue weighted by molar-refractivity contribution is 7.86. The van der Waals surface area contributed by atoms with E-state index in [4.69, 9.17) is 0 Å². The minimum Gasteiger partial charge on any atom is -0.508 e. The molecule has 6 nitrogen and oxygen atoms in total. The van der Waals surface area contributed by atoms with Gasteiger partial charge < -0.3 is 24.9 Å². The van der Waals surface area contributed by atoms with E-state index >= 15 is 0 Å². The Labute approximate surface area is 137 Å². The van der Waals surface area contributed by atoms with Crippen LogP contribution in [-0.4, -0.2) is 32.6 Å². The van der Waals surface area contributed by atoms with Crippen LogP contribution in [-0.2, 0) is 11.0 Å². The van der Waals surface area contributed by atoms with Crippen molar-refractivity contribution < 1.29 is 19.5 Å². The highest BCUT2D eigenvalue weighted by Gasteiger charge is 2.13. The first-order chi connectivity index (χ1) is 11.0. The highest BCUT2D eigenvalue weighted by Crippen LogP contribution is 2.31. The number of phenols is 3. The van der Waals surface area contributed by atoms with Gasteiger partial charge in [-0.3, -0.25) is 0 Å². The Bertz CT molecular complexity index is 717. The number of hydrogen-bond acceptors (Lipinski definition) is 5. The molecule has 1 atom stereocenters. The van der Waals surface area contributed by atoms with Gasteiger partial charge in [-0.1, -0.05) is 0 Å². The summed E-state index contributed by atoms with van der Waals surface area (Å²) in [7, 11) is -1.72. The first-order valence-electron chi connectivity index (χ1n) is 7.24. The van der Waals surface area contributed by atoms with E-state index in [1.54, 1.807) is 12.1 Å². The fraction of sp³-hybridized carbons (Fsp3) is 0.250. The normalized spacial score (nSPS) is 11.9. The molecule has 0 saturated carbocycles. The summed E-state index contributed by atoms with van der Waals surface area (Å²) in [5.74, 6) is -0.282. The number of rotatable bonds is 6. The molecule has 23 heavy (non-hydrogen) atoms. The molecule has 4 N–H and O–H groups in total. The van der Waals surface area contributed by atoms with Crippen LogP contribution in [0.2, 0.25) is 0 Å². The average Bonchev–Trinajstić information content (AvgIpc) is 2.50. The van der Waals surface area contributed by atoms with Gasteiger partial charge in [0, 0.05) is 25.2 Å². The van der Waals surface area contributed by atoms with Crippen LogP contribution < -0.4 is 9.62 Å². The van der Waals surface area contributed by atoms with Crippen molar-refractivity contribution in [2.45, 2.75) is 18.7 Å². The molecule has 0 aliphatic rings. The first-order valence-corrected chi connectivity index (χ1v) is 8.39. The molecule has 124 valence electrons. The van der Waals surface area contributed by atoms with Crippen LogP contribution >= 0.6 is 0 Å². The van der Waals surface area contributed by atoms with Crippen molar-refractivity contribution in [1.29, 1.82) is 0 Å². The molecule has 0 heterocycles. The molecule has 2 aromatic rings. The zero-order valence-electron chi connectivity index (χ0n) is 13.0. The second kappa shape index (κ2) is 7.23. The zero-order chi connectivity index (χ0) is 17.0. The molecule has 2 aromatic carbocycles. The Hall–Kier alpha value is -2.41. The van der Waals surface area contributed by atoms with Crippen molar-refractivity contribution in [3.05, 3.63) is 36.4 Å². The van der Waals surface area contributed by atoms with Crippen molar-refractivity contribution >= 4 is 22.4 Å². The van der Waals surface area contributed by atoms with E-state index in [-0.39, 0.29) is 22.1 Å². The van der Waals surface area contributed by atoms with E-state index in [2.05, 4.69) is 4.72 Å². The maximum atomic E-state index is 12.3. The Morgan fingerprint density at radius 1 is 1.00 bits per heavy atom. The second-order valence-electron chi connectivity index (χ2n) is 4.90. The lowest BCUT2D eigenvalue weighted by atomic mass is 10.2. The monoisotopic (exact) mass is 336 g/mol. The fourth-order valence-corrected chi connectivity index (χ4v) is 3.13. The summed E-state index contributed by atoms with van der Waals surface area (Å²) in [6, 6.07) is 8.79. The van der Waals surface area contributed by atoms with E-state index in [0.717, 1.165) is 19.2 Å². The minimum absolute atomic E-state index is 0.0885. The molecule has 0 amide bonds. The minimum atomic E-state index is -1.72. The number of aromatic hydroxyl groups is 3. The highest BCUT2D eigenvalue weighted by atomic mass is 32.2. The van der Waals surface area contributed by atoms with E-state index < -0.39 is 11.0 Å². The van der Waals surface area contributed by atoms with E-state index in [0.29, 0.717) is 11.4 Å². The molecular formula is C16H20N2O4S. The van der Waals surface area contributed by atoms with Gasteiger partial charge >= 0.3 is 0 Å². The Morgan fingerprint density at radius 3 is 2.26 bits per heavy atom. The van der Waals surface area contributed by atoms with Crippen molar-refractivity contribution in [3.8, 4) is 17.2 Å². The topological polar surface area (TPSA) is 93.0 Å². The maximum absolute atomic E-state index is 12.3. The van der Waals surface area contributed by atoms with Crippen molar-refractivity contribution in [1.82, 2.24) is 0 Å². The molecule has 0 fully saturated rings. The molecule has 0 bridgehead atoms. The molecule has 0 radical (unpaired) electrons. The summed E-state index contributed by atoms with van der Waals surface area (Å²) >= 11 is 0. The van der Waals surface area contributed by atoms with E-state index in [9.17, 15) is 19.5 Å². The summed E-state index contributed by atoms with van der Waals surface area (Å²) in [5, 5.41) is 29.1. The first kappa shape index (κ1) is 17.0. The maximum Gasteiger partial charge on any atom is 0.154 e. The molecule has 0 aliphatic carbocycles. The SMILES string of the molecule is CCN(CC)c1ccc(NS(=O)c2ccc(O)cc2O)cc1O. The summed E-state index contributed by atoms with van der Waals surface area (Å²) in [4.78, 5) is 2.15. The third-order valence-electron chi connectivity index (χ3n) is 3.43. The quantitative estimate of drug-likeness (QED) is 0.651. The van der Waals surface area contributed by atoms with Crippen LogP contribution in [0.5, 0.6) is 17.2 Å². The summed E-state index contributed by atoms with van der Waals surface area (Å²) in [6.07, 6.45) is 0. The number of hydrogen-bond donors (Lipinski definition) is 4. The number of phenolic OH excluding ortho intramolecular Hbond substituents is 3. The number of anilines is 2. The van der Waals surface area contributed by atoms with Crippen molar-refractivity contribution in [2.75, 3.05) is 22.7 Å². The van der Waals surface area contributed by atoms with E-state index in [1.165, 1.54) is 18.2 Å². The molecule has 7 heteroatoms. The number of benzene rings is 2. The van der Waals surface area contributed by atoms with Gasteiger partial charge in [0.25, 0.3) is 0 Å². The van der Waals surface area contributed by atoms with Gasteiger partial charge in [-0.05, 0) is 38.1 Å². The Morgan fingerprint density at radius 2 is 1.70 bits per heavy atom. The van der Waals surface area contributed by atoms with Gasteiger partial charge in [-0.2, -0.15) is 0 Å². The molecule has 0 aliphatic heterocycles. The lowest BCUT2D eigenvalue weighted by Crippen LogP contribution is -2.21. The lowest BCUT2D eigenvalue weighted by Gasteiger charge is -2.22. The Kier molecular flexibility index (Phi) is 5.33. The van der Waals surface area contributed by atoms with Crippen LogP contribution in [0.4, 0.5) is 11.4 Å². The summed E-state index contributed by atoms with van der Waals surface area (Å²) in [6.45, 7) is 5.53.